The van der Waals surface area contributed by atoms with Crippen LogP contribution in [0.4, 0.5) is 0 Å². The lowest BCUT2D eigenvalue weighted by atomic mass is 10.1. The molecule has 0 bridgehead atoms. The predicted molar refractivity (Wildman–Crippen MR) is 87.2 cm³/mol. The number of nitrogens with one attached hydrogen (secondary N) is 1. The van der Waals surface area contributed by atoms with E-state index in [0.29, 0.717) is 37.3 Å². The Morgan fingerprint density at radius 2 is 2.12 bits per heavy atom. The zero-order valence-corrected chi connectivity index (χ0v) is 13.4. The van der Waals surface area contributed by atoms with Crippen molar-refractivity contribution in [3.05, 3.63) is 57.8 Å². The summed E-state index contributed by atoms with van der Waals surface area (Å²) in [5, 5.41) is 3.22. The number of rotatable bonds is 4. The zero-order chi connectivity index (χ0) is 16.9. The molecule has 2 aromatic heterocycles. The van der Waals surface area contributed by atoms with Crippen molar-refractivity contribution in [2.24, 2.45) is 0 Å². The lowest BCUT2D eigenvalue weighted by Gasteiger charge is -2.17. The lowest BCUT2D eigenvalue weighted by molar-refractivity contribution is 0.0592. The van der Waals surface area contributed by atoms with Crippen molar-refractivity contribution in [1.82, 2.24) is 14.9 Å². The Kier molecular flexibility index (Phi) is 4.90. The Morgan fingerprint density at radius 3 is 2.88 bits per heavy atom. The highest BCUT2D eigenvalue weighted by molar-refractivity contribution is 5.93. The Morgan fingerprint density at radius 1 is 1.33 bits per heavy atom. The van der Waals surface area contributed by atoms with Gasteiger partial charge >= 0.3 is 5.97 Å². The number of nitrogens with zero attached hydrogens (tertiary/aromatic N) is 2. The van der Waals surface area contributed by atoms with Crippen LogP contribution >= 0.6 is 0 Å². The predicted octanol–water partition coefficient (Wildman–Crippen LogP) is 0.755. The second-order valence-electron chi connectivity index (χ2n) is 5.46. The van der Waals surface area contributed by atoms with E-state index >= 15 is 0 Å². The standard InChI is InChI=1S/C17H19N3O4/c1-23-17(22)16-13-4-7-19-8-9-20(13)15(21)10-14(16)24-11-12-2-5-18-6-3-12/h2-3,5-6,10,19H,4,7-9,11H2,1H3. The van der Waals surface area contributed by atoms with Crippen molar-refractivity contribution < 1.29 is 14.3 Å². The number of fused-ring (bicyclic) bond motifs is 1. The van der Waals surface area contributed by atoms with E-state index in [1.807, 2.05) is 12.1 Å². The largest absolute Gasteiger partial charge is 0.488 e. The Bertz CT molecular complexity index is 786. The molecule has 126 valence electrons. The summed E-state index contributed by atoms with van der Waals surface area (Å²) in [5.41, 5.74) is 1.71. The number of aromatic nitrogens is 2. The quantitative estimate of drug-likeness (QED) is 0.834. The second-order valence-corrected chi connectivity index (χ2v) is 5.46. The van der Waals surface area contributed by atoms with Crippen LogP contribution in [0.2, 0.25) is 0 Å². The van der Waals surface area contributed by atoms with Gasteiger partial charge in [0.15, 0.2) is 0 Å². The molecule has 0 fully saturated rings. The summed E-state index contributed by atoms with van der Waals surface area (Å²) in [6, 6.07) is 5.00. The van der Waals surface area contributed by atoms with Crippen molar-refractivity contribution in [2.45, 2.75) is 19.6 Å². The van der Waals surface area contributed by atoms with Gasteiger partial charge in [-0.1, -0.05) is 0 Å². The fourth-order valence-corrected chi connectivity index (χ4v) is 2.77. The Balaban J connectivity index is 2.01. The molecule has 1 N–H and O–H groups in total. The molecule has 0 spiro atoms. The monoisotopic (exact) mass is 329 g/mol. The van der Waals surface area contributed by atoms with Crippen molar-refractivity contribution in [3.8, 4) is 5.75 Å². The van der Waals surface area contributed by atoms with Crippen LogP contribution in [0.25, 0.3) is 0 Å². The summed E-state index contributed by atoms with van der Waals surface area (Å²) in [5.74, 6) is -0.234. The van der Waals surface area contributed by atoms with E-state index in [2.05, 4.69) is 10.3 Å². The van der Waals surface area contributed by atoms with Crippen LogP contribution in [0.1, 0.15) is 21.6 Å². The molecule has 0 saturated carbocycles. The maximum atomic E-state index is 12.4. The normalized spacial score (nSPS) is 13.7. The maximum absolute atomic E-state index is 12.4. The van der Waals surface area contributed by atoms with E-state index in [0.717, 1.165) is 5.56 Å². The van der Waals surface area contributed by atoms with Crippen molar-refractivity contribution in [3.63, 3.8) is 0 Å². The van der Waals surface area contributed by atoms with Gasteiger partial charge in [-0.2, -0.15) is 0 Å². The first-order valence-corrected chi connectivity index (χ1v) is 7.78. The highest BCUT2D eigenvalue weighted by atomic mass is 16.5. The minimum Gasteiger partial charge on any atom is -0.488 e. The zero-order valence-electron chi connectivity index (χ0n) is 13.4. The third-order valence-corrected chi connectivity index (χ3v) is 3.97. The number of carbonyl (C=O) groups excluding carboxylic acids is 1. The van der Waals surface area contributed by atoms with E-state index in [-0.39, 0.29) is 17.9 Å². The molecular formula is C17H19N3O4. The van der Waals surface area contributed by atoms with Crippen LogP contribution in [-0.2, 0) is 24.3 Å². The molecule has 1 aliphatic heterocycles. The third-order valence-electron chi connectivity index (χ3n) is 3.97. The molecule has 0 amide bonds. The second kappa shape index (κ2) is 7.27. The van der Waals surface area contributed by atoms with E-state index in [9.17, 15) is 9.59 Å². The average molecular weight is 329 g/mol. The molecule has 0 aromatic carbocycles. The minimum absolute atomic E-state index is 0.175. The van der Waals surface area contributed by atoms with Gasteiger partial charge in [-0.15, -0.1) is 0 Å². The molecule has 1 aliphatic rings. The van der Waals surface area contributed by atoms with Crippen LogP contribution < -0.4 is 15.6 Å². The van der Waals surface area contributed by atoms with Gasteiger partial charge < -0.3 is 19.4 Å². The number of hydrogen-bond acceptors (Lipinski definition) is 6. The average Bonchev–Trinajstić information content (AvgIpc) is 2.86. The Hall–Kier alpha value is -2.67. The molecule has 24 heavy (non-hydrogen) atoms. The summed E-state index contributed by atoms with van der Waals surface area (Å²) in [7, 11) is 1.33. The van der Waals surface area contributed by atoms with Gasteiger partial charge in [0.25, 0.3) is 5.56 Å². The highest BCUT2D eigenvalue weighted by Crippen LogP contribution is 2.24. The number of methoxy groups -OCH3 is 1. The van der Waals surface area contributed by atoms with Crippen LogP contribution in [0.5, 0.6) is 5.75 Å². The van der Waals surface area contributed by atoms with Crippen molar-refractivity contribution >= 4 is 5.97 Å². The molecule has 0 aliphatic carbocycles. The van der Waals surface area contributed by atoms with Crippen LogP contribution in [0.15, 0.2) is 35.4 Å². The SMILES string of the molecule is COC(=O)c1c(OCc2ccncc2)cc(=O)n2c1CCNCC2. The van der Waals surface area contributed by atoms with E-state index in [1.54, 1.807) is 17.0 Å². The molecule has 3 rings (SSSR count). The number of carbonyl (C=O) groups is 1. The summed E-state index contributed by atoms with van der Waals surface area (Å²) in [6.45, 7) is 2.14. The van der Waals surface area contributed by atoms with Crippen molar-refractivity contribution in [1.29, 1.82) is 0 Å². The van der Waals surface area contributed by atoms with Crippen LogP contribution in [0, 0.1) is 0 Å². The number of esters is 1. The molecule has 0 unspecified atom stereocenters. The molecule has 0 radical (unpaired) electrons. The first-order valence-electron chi connectivity index (χ1n) is 7.78. The summed E-state index contributed by atoms with van der Waals surface area (Å²) in [4.78, 5) is 28.6. The van der Waals surface area contributed by atoms with Gasteiger partial charge in [0.05, 0.1) is 7.11 Å². The molecular weight excluding hydrogens is 310 g/mol. The van der Waals surface area contributed by atoms with E-state index in [1.165, 1.54) is 13.2 Å². The summed E-state index contributed by atoms with van der Waals surface area (Å²) in [6.07, 6.45) is 3.89. The van der Waals surface area contributed by atoms with Crippen LogP contribution in [0.3, 0.4) is 0 Å². The smallest absolute Gasteiger partial charge is 0.343 e. The Labute approximate surface area is 139 Å². The van der Waals surface area contributed by atoms with Gasteiger partial charge in [-0.25, -0.2) is 4.79 Å². The van der Waals surface area contributed by atoms with E-state index < -0.39 is 5.97 Å². The number of hydrogen-bond donors (Lipinski definition) is 1. The lowest BCUT2D eigenvalue weighted by Crippen LogP contribution is -2.27. The molecule has 7 heteroatoms. The van der Waals surface area contributed by atoms with Crippen LogP contribution in [-0.4, -0.2) is 35.7 Å². The number of ether oxygens (including phenoxy) is 2. The summed E-state index contributed by atoms with van der Waals surface area (Å²) >= 11 is 0. The summed E-state index contributed by atoms with van der Waals surface area (Å²) < 4.78 is 12.3. The van der Waals surface area contributed by atoms with E-state index in [4.69, 9.17) is 9.47 Å². The fourth-order valence-electron chi connectivity index (χ4n) is 2.77. The first-order chi connectivity index (χ1) is 11.7. The van der Waals surface area contributed by atoms with Gasteiger partial charge in [0.1, 0.15) is 17.9 Å². The fraction of sp³-hybridized carbons (Fsp3) is 0.353. The highest BCUT2D eigenvalue weighted by Gasteiger charge is 2.24. The topological polar surface area (TPSA) is 82.5 Å². The molecule has 7 nitrogen and oxygen atoms in total. The molecule has 2 aromatic rings. The first kappa shape index (κ1) is 16.2. The molecule has 0 saturated heterocycles. The third kappa shape index (κ3) is 3.30. The van der Waals surface area contributed by atoms with Gasteiger partial charge in [-0.05, 0) is 17.7 Å². The van der Waals surface area contributed by atoms with Gasteiger partial charge in [0, 0.05) is 50.2 Å². The van der Waals surface area contributed by atoms with Gasteiger partial charge in [0.2, 0.25) is 0 Å². The molecule has 0 atom stereocenters. The van der Waals surface area contributed by atoms with Gasteiger partial charge in [-0.3, -0.25) is 9.78 Å². The van der Waals surface area contributed by atoms with Crippen molar-refractivity contribution in [2.75, 3.05) is 20.2 Å². The minimum atomic E-state index is -0.495. The number of pyridine rings is 2. The maximum Gasteiger partial charge on any atom is 0.343 e. The molecule has 3 heterocycles.